The number of carbonyl (C=O) groups is 2. The quantitative estimate of drug-likeness (QED) is 0.719. The van der Waals surface area contributed by atoms with Gasteiger partial charge in [-0.05, 0) is 12.8 Å². The zero-order valence-corrected chi connectivity index (χ0v) is 11.1. The van der Waals surface area contributed by atoms with Gasteiger partial charge in [0.2, 0.25) is 0 Å². The summed E-state index contributed by atoms with van der Waals surface area (Å²) < 4.78 is 0. The van der Waals surface area contributed by atoms with Gasteiger partial charge >= 0.3 is 12.0 Å². The number of urea groups is 1. The molecule has 0 spiro atoms. The molecule has 0 aromatic heterocycles. The normalized spacial score (nSPS) is 11.7. The van der Waals surface area contributed by atoms with E-state index in [1.54, 1.807) is 0 Å². The fourth-order valence-corrected chi connectivity index (χ4v) is 1.48. The first-order chi connectivity index (χ1) is 8.42. The van der Waals surface area contributed by atoms with E-state index in [0.29, 0.717) is 13.1 Å². The standard InChI is InChI=1S/C12H21N3O3/c1-4-15(7-5-6-13)12(18)14-10(9(2)3)8-11(16)17/h9-10H,4-5,7-8H2,1-3H3,(H,14,18)(H,16,17). The van der Waals surface area contributed by atoms with Crippen molar-refractivity contribution in [1.82, 2.24) is 10.2 Å². The minimum atomic E-state index is -0.936. The molecule has 0 fully saturated rings. The molecule has 0 heterocycles. The number of carboxylic acid groups (broad SMARTS) is 1. The van der Waals surface area contributed by atoms with Crippen LogP contribution in [-0.4, -0.2) is 41.1 Å². The first kappa shape index (κ1) is 16.2. The second-order valence-corrected chi connectivity index (χ2v) is 4.39. The number of aliphatic carboxylic acids is 1. The van der Waals surface area contributed by atoms with Crippen molar-refractivity contribution in [1.29, 1.82) is 5.26 Å². The summed E-state index contributed by atoms with van der Waals surface area (Å²) >= 11 is 0. The van der Waals surface area contributed by atoms with Crippen molar-refractivity contribution in [2.45, 2.75) is 39.7 Å². The van der Waals surface area contributed by atoms with Crippen LogP contribution in [0.25, 0.3) is 0 Å². The highest BCUT2D eigenvalue weighted by Gasteiger charge is 2.21. The van der Waals surface area contributed by atoms with Gasteiger partial charge in [-0.1, -0.05) is 13.8 Å². The summed E-state index contributed by atoms with van der Waals surface area (Å²) in [6, 6.07) is 1.27. The average molecular weight is 255 g/mol. The van der Waals surface area contributed by atoms with Crippen LogP contribution in [0.3, 0.4) is 0 Å². The minimum Gasteiger partial charge on any atom is -0.481 e. The summed E-state index contributed by atoms with van der Waals surface area (Å²) in [5.74, 6) is -0.895. The molecule has 102 valence electrons. The molecule has 0 radical (unpaired) electrons. The minimum absolute atomic E-state index is 0.0414. The van der Waals surface area contributed by atoms with E-state index in [1.807, 2.05) is 26.8 Å². The topological polar surface area (TPSA) is 93.4 Å². The van der Waals surface area contributed by atoms with Crippen molar-refractivity contribution in [2.24, 2.45) is 5.92 Å². The second kappa shape index (κ2) is 8.34. The number of hydrogen-bond acceptors (Lipinski definition) is 3. The van der Waals surface area contributed by atoms with Crippen LogP contribution < -0.4 is 5.32 Å². The van der Waals surface area contributed by atoms with Crippen LogP contribution in [0.1, 0.15) is 33.6 Å². The van der Waals surface area contributed by atoms with E-state index in [-0.39, 0.29) is 24.8 Å². The Kier molecular flexibility index (Phi) is 7.52. The molecular weight excluding hydrogens is 234 g/mol. The molecule has 0 rings (SSSR count). The lowest BCUT2D eigenvalue weighted by Crippen LogP contribution is -2.47. The van der Waals surface area contributed by atoms with Crippen molar-refractivity contribution >= 4 is 12.0 Å². The molecule has 0 bridgehead atoms. The summed E-state index contributed by atoms with van der Waals surface area (Å²) in [4.78, 5) is 24.1. The van der Waals surface area contributed by atoms with Crippen LogP contribution in [0.5, 0.6) is 0 Å². The number of nitriles is 1. The van der Waals surface area contributed by atoms with Crippen LogP contribution in [0.4, 0.5) is 4.79 Å². The molecule has 1 unspecified atom stereocenters. The maximum Gasteiger partial charge on any atom is 0.317 e. The molecule has 0 saturated heterocycles. The number of amides is 2. The third-order valence-electron chi connectivity index (χ3n) is 2.67. The van der Waals surface area contributed by atoms with Gasteiger partial charge in [0.1, 0.15) is 0 Å². The van der Waals surface area contributed by atoms with Gasteiger partial charge in [-0.2, -0.15) is 5.26 Å². The molecule has 1 atom stereocenters. The molecule has 0 aliphatic rings. The molecule has 6 heteroatoms. The maximum atomic E-state index is 11.9. The second-order valence-electron chi connectivity index (χ2n) is 4.39. The van der Waals surface area contributed by atoms with E-state index in [2.05, 4.69) is 5.32 Å². The largest absolute Gasteiger partial charge is 0.481 e. The maximum absolute atomic E-state index is 11.9. The Bertz CT molecular complexity index is 323. The van der Waals surface area contributed by atoms with Gasteiger partial charge in [0.15, 0.2) is 0 Å². The van der Waals surface area contributed by atoms with E-state index < -0.39 is 12.0 Å². The summed E-state index contributed by atoms with van der Waals surface area (Å²) in [6.45, 7) is 6.39. The molecule has 2 amide bonds. The number of nitrogens with zero attached hydrogens (tertiary/aromatic N) is 2. The van der Waals surface area contributed by atoms with Crippen molar-refractivity contribution in [3.63, 3.8) is 0 Å². The first-order valence-electron chi connectivity index (χ1n) is 6.06. The fraction of sp³-hybridized carbons (Fsp3) is 0.750. The third kappa shape index (κ3) is 6.09. The van der Waals surface area contributed by atoms with Crippen LogP contribution in [-0.2, 0) is 4.79 Å². The van der Waals surface area contributed by atoms with E-state index in [1.165, 1.54) is 4.90 Å². The van der Waals surface area contributed by atoms with Crippen LogP contribution in [0, 0.1) is 17.2 Å². The van der Waals surface area contributed by atoms with Crippen molar-refractivity contribution in [3.8, 4) is 6.07 Å². The Morgan fingerprint density at radius 2 is 2.06 bits per heavy atom. The predicted molar refractivity (Wildman–Crippen MR) is 66.9 cm³/mol. The van der Waals surface area contributed by atoms with Crippen molar-refractivity contribution in [3.05, 3.63) is 0 Å². The summed E-state index contributed by atoms with van der Waals surface area (Å²) in [5, 5.41) is 20.0. The summed E-state index contributed by atoms with van der Waals surface area (Å²) in [5.41, 5.74) is 0. The Labute approximate surface area is 108 Å². The van der Waals surface area contributed by atoms with Crippen molar-refractivity contribution < 1.29 is 14.7 Å². The molecule has 0 saturated carbocycles. The van der Waals surface area contributed by atoms with Gasteiger partial charge < -0.3 is 15.3 Å². The number of carbonyl (C=O) groups excluding carboxylic acids is 1. The average Bonchev–Trinajstić information content (AvgIpc) is 2.28. The van der Waals surface area contributed by atoms with Gasteiger partial charge in [0, 0.05) is 19.1 Å². The molecular formula is C12H21N3O3. The highest BCUT2D eigenvalue weighted by atomic mass is 16.4. The molecule has 0 aliphatic heterocycles. The summed E-state index contributed by atoms with van der Waals surface area (Å²) in [7, 11) is 0. The lowest BCUT2D eigenvalue weighted by molar-refractivity contribution is -0.137. The van der Waals surface area contributed by atoms with E-state index >= 15 is 0 Å². The number of hydrogen-bond donors (Lipinski definition) is 2. The molecule has 6 nitrogen and oxygen atoms in total. The Morgan fingerprint density at radius 1 is 1.44 bits per heavy atom. The van der Waals surface area contributed by atoms with E-state index in [9.17, 15) is 9.59 Å². The van der Waals surface area contributed by atoms with Gasteiger partial charge in [-0.3, -0.25) is 4.79 Å². The smallest absolute Gasteiger partial charge is 0.317 e. The zero-order valence-electron chi connectivity index (χ0n) is 11.1. The Hall–Kier alpha value is -1.77. The molecule has 0 aliphatic carbocycles. The predicted octanol–water partition coefficient (Wildman–Crippen LogP) is 1.43. The van der Waals surface area contributed by atoms with E-state index in [0.717, 1.165) is 0 Å². The zero-order chi connectivity index (χ0) is 14.1. The number of carboxylic acids is 1. The van der Waals surface area contributed by atoms with Gasteiger partial charge in [-0.15, -0.1) is 0 Å². The van der Waals surface area contributed by atoms with Gasteiger partial charge in [0.25, 0.3) is 0 Å². The highest BCUT2D eigenvalue weighted by molar-refractivity contribution is 5.76. The summed E-state index contributed by atoms with van der Waals surface area (Å²) in [6.07, 6.45) is 0.172. The highest BCUT2D eigenvalue weighted by Crippen LogP contribution is 2.07. The molecule has 2 N–H and O–H groups in total. The number of nitrogens with one attached hydrogen (secondary N) is 1. The van der Waals surface area contributed by atoms with Crippen LogP contribution in [0.15, 0.2) is 0 Å². The molecule has 0 aromatic carbocycles. The lowest BCUT2D eigenvalue weighted by Gasteiger charge is -2.26. The van der Waals surface area contributed by atoms with E-state index in [4.69, 9.17) is 10.4 Å². The Balaban J connectivity index is 4.47. The van der Waals surface area contributed by atoms with Crippen molar-refractivity contribution in [2.75, 3.05) is 13.1 Å². The fourth-order valence-electron chi connectivity index (χ4n) is 1.48. The SMILES string of the molecule is CCN(CCC#N)C(=O)NC(CC(=O)O)C(C)C. The number of rotatable bonds is 7. The molecule has 0 aromatic rings. The van der Waals surface area contributed by atoms with Crippen LogP contribution >= 0.6 is 0 Å². The molecule has 18 heavy (non-hydrogen) atoms. The third-order valence-corrected chi connectivity index (χ3v) is 2.67. The van der Waals surface area contributed by atoms with Gasteiger partial charge in [0.05, 0.1) is 18.9 Å². The lowest BCUT2D eigenvalue weighted by atomic mass is 10.0. The first-order valence-corrected chi connectivity index (χ1v) is 6.06. The van der Waals surface area contributed by atoms with Gasteiger partial charge in [-0.25, -0.2) is 4.79 Å². The Morgan fingerprint density at radius 3 is 2.44 bits per heavy atom. The van der Waals surface area contributed by atoms with Crippen LogP contribution in [0.2, 0.25) is 0 Å². The monoisotopic (exact) mass is 255 g/mol.